The van der Waals surface area contributed by atoms with Gasteiger partial charge >= 0.3 is 6.03 Å². The second kappa shape index (κ2) is 9.89. The number of para-hydroxylation sites is 2. The van der Waals surface area contributed by atoms with Gasteiger partial charge < -0.3 is 24.4 Å². The molecule has 6 rings (SSSR count). The fraction of sp³-hybridized carbons (Fsp3) is 0.276. The highest BCUT2D eigenvalue weighted by atomic mass is 35.5. The summed E-state index contributed by atoms with van der Waals surface area (Å²) in [6.07, 6.45) is 3.11. The van der Waals surface area contributed by atoms with Gasteiger partial charge in [-0.15, -0.1) is 11.3 Å². The van der Waals surface area contributed by atoms with Crippen LogP contribution in [0.15, 0.2) is 66.9 Å². The topological polar surface area (TPSA) is 49.7 Å². The first-order valence-corrected chi connectivity index (χ1v) is 13.8. The van der Waals surface area contributed by atoms with Crippen molar-refractivity contribution in [3.8, 4) is 10.8 Å². The fourth-order valence-electron chi connectivity index (χ4n) is 5.39. The van der Waals surface area contributed by atoms with E-state index >= 15 is 0 Å². The van der Waals surface area contributed by atoms with Crippen LogP contribution in [0, 0.1) is 0 Å². The maximum Gasteiger partial charge on any atom is 0.323 e. The molecule has 0 saturated heterocycles. The molecule has 0 fully saturated rings. The molecule has 6 nitrogen and oxygen atoms in total. The predicted molar refractivity (Wildman–Crippen MR) is 149 cm³/mol. The molecule has 2 aliphatic rings. The van der Waals surface area contributed by atoms with E-state index in [1.54, 1.807) is 0 Å². The van der Waals surface area contributed by atoms with Gasteiger partial charge in [0.1, 0.15) is 10.8 Å². The molecule has 4 aromatic rings. The van der Waals surface area contributed by atoms with Crippen molar-refractivity contribution in [2.24, 2.45) is 0 Å². The summed E-state index contributed by atoms with van der Waals surface area (Å²) in [7, 11) is 2.17. The molecule has 1 unspecified atom stereocenters. The number of rotatable bonds is 4. The highest BCUT2D eigenvalue weighted by molar-refractivity contribution is 7.15. The molecule has 2 aliphatic heterocycles. The second-order valence-electron chi connectivity index (χ2n) is 9.52. The van der Waals surface area contributed by atoms with E-state index in [-0.39, 0.29) is 12.1 Å². The number of nitrogens with one attached hydrogen (secondary N) is 1. The van der Waals surface area contributed by atoms with Gasteiger partial charge in [-0.05, 0) is 67.9 Å². The van der Waals surface area contributed by atoms with Crippen LogP contribution in [-0.4, -0.2) is 40.6 Å². The minimum atomic E-state index is -0.284. The van der Waals surface area contributed by atoms with Gasteiger partial charge in [-0.25, -0.2) is 4.79 Å². The molecule has 4 heterocycles. The van der Waals surface area contributed by atoms with Crippen LogP contribution in [0.25, 0.3) is 5.00 Å². The van der Waals surface area contributed by atoms with Crippen molar-refractivity contribution < 1.29 is 9.53 Å². The van der Waals surface area contributed by atoms with Crippen molar-refractivity contribution in [2.45, 2.75) is 32.5 Å². The lowest BCUT2D eigenvalue weighted by Gasteiger charge is -2.32. The van der Waals surface area contributed by atoms with Gasteiger partial charge in [0.2, 0.25) is 0 Å². The Morgan fingerprint density at radius 2 is 1.89 bits per heavy atom. The standard InChI is InChI=1S/C29H29ClN4O2S/c1-3-36-25-9-5-4-7-23(25)31-29(35)34-17-22-21-14-16-32(2)18-26(21)37-28(22)33-15-6-8-24(33)27(34)19-10-12-20(30)13-11-19/h4-13,15,27H,3,14,16-18H2,1-2H3,(H,31,35). The molecule has 0 aliphatic carbocycles. The number of carbonyl (C=O) groups is 1. The van der Waals surface area contributed by atoms with Gasteiger partial charge in [-0.2, -0.15) is 0 Å². The Morgan fingerprint density at radius 1 is 1.08 bits per heavy atom. The number of hydrogen-bond donors (Lipinski definition) is 1. The summed E-state index contributed by atoms with van der Waals surface area (Å²) >= 11 is 8.10. The van der Waals surface area contributed by atoms with Crippen molar-refractivity contribution in [2.75, 3.05) is 25.5 Å². The molecule has 0 radical (unpaired) electrons. The summed E-state index contributed by atoms with van der Waals surface area (Å²) < 4.78 is 8.07. The minimum Gasteiger partial charge on any atom is -0.492 e. The first-order valence-electron chi connectivity index (χ1n) is 12.6. The van der Waals surface area contributed by atoms with Crippen molar-refractivity contribution in [1.29, 1.82) is 0 Å². The summed E-state index contributed by atoms with van der Waals surface area (Å²) in [5.74, 6) is 0.663. The van der Waals surface area contributed by atoms with Crippen LogP contribution < -0.4 is 10.1 Å². The zero-order valence-electron chi connectivity index (χ0n) is 20.9. The van der Waals surface area contributed by atoms with E-state index in [0.717, 1.165) is 30.8 Å². The number of amides is 2. The van der Waals surface area contributed by atoms with Crippen LogP contribution in [0.3, 0.4) is 0 Å². The number of nitrogens with zero attached hydrogens (tertiary/aromatic N) is 3. The normalized spacial score (nSPS) is 16.9. The Hall–Kier alpha value is -3.26. The van der Waals surface area contributed by atoms with Gasteiger partial charge in [0.05, 0.1) is 30.6 Å². The first kappa shape index (κ1) is 24.1. The van der Waals surface area contributed by atoms with Crippen LogP contribution in [0.1, 0.15) is 40.2 Å². The molecular weight excluding hydrogens is 504 g/mol. The average Bonchev–Trinajstić information content (AvgIpc) is 3.47. The lowest BCUT2D eigenvalue weighted by molar-refractivity contribution is 0.194. The third kappa shape index (κ3) is 4.41. The van der Waals surface area contributed by atoms with Gasteiger partial charge in [0, 0.05) is 34.7 Å². The first-order chi connectivity index (χ1) is 18.0. The van der Waals surface area contributed by atoms with E-state index in [9.17, 15) is 4.79 Å². The number of fused-ring (bicyclic) bond motifs is 5. The third-order valence-corrected chi connectivity index (χ3v) is 8.64. The number of halogens is 1. The quantitative estimate of drug-likeness (QED) is 0.317. The second-order valence-corrected chi connectivity index (χ2v) is 11.0. The third-order valence-electron chi connectivity index (χ3n) is 7.13. The number of aromatic nitrogens is 1. The summed E-state index contributed by atoms with van der Waals surface area (Å²) in [6, 6.07) is 19.1. The minimum absolute atomic E-state index is 0.166. The summed E-state index contributed by atoms with van der Waals surface area (Å²) in [5.41, 5.74) is 5.37. The summed E-state index contributed by atoms with van der Waals surface area (Å²) in [4.78, 5) is 19.8. The molecule has 1 N–H and O–H groups in total. The molecule has 0 spiro atoms. The molecule has 0 saturated carbocycles. The van der Waals surface area contributed by atoms with Crippen LogP contribution in [0.2, 0.25) is 5.02 Å². The highest BCUT2D eigenvalue weighted by Crippen LogP contribution is 2.43. The highest BCUT2D eigenvalue weighted by Gasteiger charge is 2.36. The summed E-state index contributed by atoms with van der Waals surface area (Å²) in [5, 5.41) is 5.04. The van der Waals surface area contributed by atoms with Gasteiger partial charge in [-0.3, -0.25) is 0 Å². The van der Waals surface area contributed by atoms with Gasteiger partial charge in [-0.1, -0.05) is 35.9 Å². The number of urea groups is 1. The van der Waals surface area contributed by atoms with E-state index < -0.39 is 0 Å². The Kier molecular flexibility index (Phi) is 6.44. The molecule has 0 bridgehead atoms. The molecule has 2 aromatic heterocycles. The van der Waals surface area contributed by atoms with Gasteiger partial charge in [0.25, 0.3) is 0 Å². The van der Waals surface area contributed by atoms with E-state index in [2.05, 4.69) is 40.2 Å². The van der Waals surface area contributed by atoms with Crippen LogP contribution in [0.4, 0.5) is 10.5 Å². The SMILES string of the molecule is CCOc1ccccc1NC(=O)N1Cc2c(sc3c2CCN(C)C3)-n2cccc2C1c1ccc(Cl)cc1. The zero-order chi connectivity index (χ0) is 25.5. The number of ether oxygens (including phenoxy) is 1. The molecule has 2 amide bonds. The lowest BCUT2D eigenvalue weighted by Crippen LogP contribution is -2.38. The van der Waals surface area contributed by atoms with Crippen molar-refractivity contribution in [1.82, 2.24) is 14.4 Å². The van der Waals surface area contributed by atoms with E-state index in [1.165, 1.54) is 21.0 Å². The number of carbonyl (C=O) groups excluding carboxylic acids is 1. The van der Waals surface area contributed by atoms with Crippen LogP contribution in [-0.2, 0) is 19.5 Å². The molecule has 37 heavy (non-hydrogen) atoms. The van der Waals surface area contributed by atoms with Gasteiger partial charge in [0.15, 0.2) is 0 Å². The molecule has 2 aromatic carbocycles. The number of likely N-dealkylation sites (N-methyl/N-ethyl adjacent to an activating group) is 1. The average molecular weight is 533 g/mol. The molecule has 190 valence electrons. The fourth-order valence-corrected chi connectivity index (χ4v) is 6.95. The lowest BCUT2D eigenvalue weighted by atomic mass is 10.0. The Morgan fingerprint density at radius 3 is 2.70 bits per heavy atom. The molecule has 8 heteroatoms. The van der Waals surface area contributed by atoms with E-state index in [0.29, 0.717) is 29.6 Å². The Bertz CT molecular complexity index is 1440. The van der Waals surface area contributed by atoms with Crippen molar-refractivity contribution in [3.63, 3.8) is 0 Å². The number of benzene rings is 2. The Balaban J connectivity index is 1.48. The van der Waals surface area contributed by atoms with Crippen molar-refractivity contribution in [3.05, 3.63) is 99.1 Å². The number of hydrogen-bond acceptors (Lipinski definition) is 4. The zero-order valence-corrected chi connectivity index (χ0v) is 22.5. The molecular formula is C29H29ClN4O2S. The van der Waals surface area contributed by atoms with Crippen LogP contribution in [0.5, 0.6) is 5.75 Å². The smallest absolute Gasteiger partial charge is 0.323 e. The largest absolute Gasteiger partial charge is 0.492 e. The van der Waals surface area contributed by atoms with Crippen LogP contribution >= 0.6 is 22.9 Å². The van der Waals surface area contributed by atoms with E-state index in [1.807, 2.05) is 71.7 Å². The van der Waals surface area contributed by atoms with Crippen molar-refractivity contribution >= 4 is 34.7 Å². The molecule has 1 atom stereocenters. The predicted octanol–water partition coefficient (Wildman–Crippen LogP) is 6.72. The van der Waals surface area contributed by atoms with E-state index in [4.69, 9.17) is 16.3 Å². The number of anilines is 1. The number of thiophene rings is 1. The maximum absolute atomic E-state index is 14.1. The maximum atomic E-state index is 14.1. The monoisotopic (exact) mass is 532 g/mol. The Labute approximate surface area is 226 Å². The summed E-state index contributed by atoms with van der Waals surface area (Å²) in [6.45, 7) is 4.94.